The van der Waals surface area contributed by atoms with Crippen molar-refractivity contribution in [3.63, 3.8) is 0 Å². The van der Waals surface area contributed by atoms with Crippen molar-refractivity contribution in [2.24, 2.45) is 11.8 Å². The van der Waals surface area contributed by atoms with Crippen molar-refractivity contribution < 1.29 is 14.7 Å². The van der Waals surface area contributed by atoms with Crippen molar-refractivity contribution in [1.82, 2.24) is 10.2 Å². The number of carbonyl (C=O) groups is 2. The maximum Gasteiger partial charge on any atom is 0.308 e. The van der Waals surface area contributed by atoms with Crippen LogP contribution in [-0.2, 0) is 9.59 Å². The lowest BCUT2D eigenvalue weighted by atomic mass is 9.99. The van der Waals surface area contributed by atoms with E-state index in [-0.39, 0.29) is 11.8 Å². The summed E-state index contributed by atoms with van der Waals surface area (Å²) in [5, 5.41) is 11.9. The van der Waals surface area contributed by atoms with Gasteiger partial charge in [0.15, 0.2) is 0 Å². The Hall–Kier alpha value is -1.10. The molecule has 1 saturated heterocycles. The molecule has 86 valence electrons. The molecule has 2 N–H and O–H groups in total. The molecule has 0 saturated carbocycles. The van der Waals surface area contributed by atoms with Gasteiger partial charge in [0.1, 0.15) is 0 Å². The number of likely N-dealkylation sites (tertiary alicyclic amines) is 1. The molecule has 0 aromatic rings. The summed E-state index contributed by atoms with van der Waals surface area (Å²) >= 11 is 0. The number of carbonyl (C=O) groups excluding carboxylic acids is 1. The normalized spacial score (nSPS) is 25.6. The number of hydrogen-bond donors (Lipinski definition) is 2. The van der Waals surface area contributed by atoms with Crippen LogP contribution in [0.25, 0.3) is 0 Å². The largest absolute Gasteiger partial charge is 0.481 e. The molecule has 0 aliphatic carbocycles. The van der Waals surface area contributed by atoms with Crippen molar-refractivity contribution in [3.05, 3.63) is 0 Å². The second kappa shape index (κ2) is 5.11. The van der Waals surface area contributed by atoms with Gasteiger partial charge in [-0.1, -0.05) is 13.8 Å². The van der Waals surface area contributed by atoms with Gasteiger partial charge in [0.05, 0.1) is 12.5 Å². The third kappa shape index (κ3) is 2.92. The zero-order valence-corrected chi connectivity index (χ0v) is 9.19. The molecule has 1 fully saturated rings. The van der Waals surface area contributed by atoms with Gasteiger partial charge >= 0.3 is 5.97 Å². The van der Waals surface area contributed by atoms with Crippen LogP contribution in [0.1, 0.15) is 13.8 Å². The minimum atomic E-state index is -0.804. The molecule has 0 spiro atoms. The van der Waals surface area contributed by atoms with Gasteiger partial charge in [0, 0.05) is 13.1 Å². The summed E-state index contributed by atoms with van der Waals surface area (Å²) in [5.74, 6) is -1.17. The number of likely N-dealkylation sites (N-methyl/N-ethyl adjacent to an activating group) is 1. The number of nitrogens with zero attached hydrogens (tertiary/aromatic N) is 1. The lowest BCUT2D eigenvalue weighted by Gasteiger charge is -2.15. The summed E-state index contributed by atoms with van der Waals surface area (Å²) in [6.45, 7) is 5.76. The molecular formula is C10H18N2O3. The minimum Gasteiger partial charge on any atom is -0.481 e. The summed E-state index contributed by atoms with van der Waals surface area (Å²) < 4.78 is 0. The van der Waals surface area contributed by atoms with Crippen LogP contribution in [0.5, 0.6) is 0 Å². The van der Waals surface area contributed by atoms with Gasteiger partial charge in [-0.25, -0.2) is 0 Å². The van der Waals surface area contributed by atoms with Crippen LogP contribution in [0.2, 0.25) is 0 Å². The second-order valence-electron chi connectivity index (χ2n) is 4.00. The Morgan fingerprint density at radius 1 is 1.47 bits per heavy atom. The van der Waals surface area contributed by atoms with Crippen molar-refractivity contribution in [2.45, 2.75) is 13.8 Å². The highest BCUT2D eigenvalue weighted by molar-refractivity contribution is 5.80. The number of rotatable bonds is 4. The summed E-state index contributed by atoms with van der Waals surface area (Å²) in [6, 6.07) is 0. The van der Waals surface area contributed by atoms with Crippen LogP contribution < -0.4 is 5.32 Å². The summed E-state index contributed by atoms with van der Waals surface area (Å²) in [4.78, 5) is 24.1. The van der Waals surface area contributed by atoms with Gasteiger partial charge in [0.25, 0.3) is 0 Å². The minimum absolute atomic E-state index is 0.00699. The maximum atomic E-state index is 11.6. The Balaban J connectivity index is 2.47. The Bertz CT molecular complexity index is 255. The average molecular weight is 214 g/mol. The predicted molar refractivity (Wildman–Crippen MR) is 55.4 cm³/mol. The summed E-state index contributed by atoms with van der Waals surface area (Å²) in [6.07, 6.45) is 0. The zero-order valence-electron chi connectivity index (χ0n) is 9.19. The van der Waals surface area contributed by atoms with E-state index in [1.807, 2.05) is 13.8 Å². The third-order valence-electron chi connectivity index (χ3n) is 2.81. The summed E-state index contributed by atoms with van der Waals surface area (Å²) in [5.41, 5.74) is 0. The number of aliphatic carboxylic acids is 1. The standard InChI is InChI=1S/C10H18N2O3/c1-3-11-4-9(13)12-5-7(2)8(6-12)10(14)15/h7-8,11H,3-6H2,1-2H3,(H,14,15)/t7-,8-/m1/s1. The smallest absolute Gasteiger partial charge is 0.308 e. The summed E-state index contributed by atoms with van der Waals surface area (Å²) in [7, 11) is 0. The molecule has 5 heteroatoms. The molecule has 1 heterocycles. The van der Waals surface area contributed by atoms with E-state index in [1.54, 1.807) is 4.90 Å². The van der Waals surface area contributed by atoms with Gasteiger partial charge < -0.3 is 15.3 Å². The molecule has 1 rings (SSSR count). The third-order valence-corrected chi connectivity index (χ3v) is 2.81. The molecule has 0 aromatic heterocycles. The highest BCUT2D eigenvalue weighted by Crippen LogP contribution is 2.22. The van der Waals surface area contributed by atoms with Gasteiger partial charge in [-0.05, 0) is 12.5 Å². The first-order chi connectivity index (χ1) is 7.06. The van der Waals surface area contributed by atoms with E-state index < -0.39 is 11.9 Å². The number of carboxylic acids is 1. The van der Waals surface area contributed by atoms with E-state index in [4.69, 9.17) is 5.11 Å². The molecule has 15 heavy (non-hydrogen) atoms. The van der Waals surface area contributed by atoms with Gasteiger partial charge in [-0.2, -0.15) is 0 Å². The van der Waals surface area contributed by atoms with Crippen molar-refractivity contribution in [2.75, 3.05) is 26.2 Å². The predicted octanol–water partition coefficient (Wildman–Crippen LogP) is -0.225. The van der Waals surface area contributed by atoms with Crippen LogP contribution in [0.15, 0.2) is 0 Å². The molecule has 1 amide bonds. The molecule has 0 bridgehead atoms. The van der Waals surface area contributed by atoms with Crippen LogP contribution in [0.4, 0.5) is 0 Å². The van der Waals surface area contributed by atoms with Gasteiger partial charge in [-0.15, -0.1) is 0 Å². The fourth-order valence-corrected chi connectivity index (χ4v) is 1.84. The van der Waals surface area contributed by atoms with Crippen molar-refractivity contribution >= 4 is 11.9 Å². The molecule has 5 nitrogen and oxygen atoms in total. The molecule has 0 unspecified atom stereocenters. The van der Waals surface area contributed by atoms with E-state index in [1.165, 1.54) is 0 Å². The molecule has 0 radical (unpaired) electrons. The lowest BCUT2D eigenvalue weighted by molar-refractivity contribution is -0.142. The molecule has 2 atom stereocenters. The Morgan fingerprint density at radius 2 is 2.13 bits per heavy atom. The fraction of sp³-hybridized carbons (Fsp3) is 0.800. The molecular weight excluding hydrogens is 196 g/mol. The average Bonchev–Trinajstić information content (AvgIpc) is 2.56. The van der Waals surface area contributed by atoms with E-state index in [0.717, 1.165) is 6.54 Å². The number of hydrogen-bond acceptors (Lipinski definition) is 3. The fourth-order valence-electron chi connectivity index (χ4n) is 1.84. The maximum absolute atomic E-state index is 11.6. The van der Waals surface area contributed by atoms with E-state index >= 15 is 0 Å². The van der Waals surface area contributed by atoms with Crippen LogP contribution in [-0.4, -0.2) is 48.1 Å². The molecule has 1 aliphatic heterocycles. The Morgan fingerprint density at radius 3 is 2.60 bits per heavy atom. The van der Waals surface area contributed by atoms with E-state index in [2.05, 4.69) is 5.32 Å². The number of nitrogens with one attached hydrogen (secondary N) is 1. The Kier molecular flexibility index (Phi) is 4.08. The van der Waals surface area contributed by atoms with Crippen LogP contribution >= 0.6 is 0 Å². The van der Waals surface area contributed by atoms with Gasteiger partial charge in [-0.3, -0.25) is 9.59 Å². The monoisotopic (exact) mass is 214 g/mol. The second-order valence-corrected chi connectivity index (χ2v) is 4.00. The first-order valence-electron chi connectivity index (χ1n) is 5.27. The SMILES string of the molecule is CCNCC(=O)N1C[C@@H](C)[C@H](C(=O)O)C1. The van der Waals surface area contributed by atoms with Gasteiger partial charge in [0.2, 0.25) is 5.91 Å². The lowest BCUT2D eigenvalue weighted by Crippen LogP contribution is -2.37. The van der Waals surface area contributed by atoms with Crippen molar-refractivity contribution in [1.29, 1.82) is 0 Å². The first-order valence-corrected chi connectivity index (χ1v) is 5.27. The highest BCUT2D eigenvalue weighted by atomic mass is 16.4. The number of amides is 1. The van der Waals surface area contributed by atoms with Crippen molar-refractivity contribution in [3.8, 4) is 0 Å². The number of carboxylic acid groups (broad SMARTS) is 1. The van der Waals surface area contributed by atoms with Crippen LogP contribution in [0, 0.1) is 11.8 Å². The van der Waals surface area contributed by atoms with E-state index in [9.17, 15) is 9.59 Å². The molecule has 1 aliphatic rings. The van der Waals surface area contributed by atoms with Crippen LogP contribution in [0.3, 0.4) is 0 Å². The zero-order chi connectivity index (χ0) is 11.4. The topological polar surface area (TPSA) is 69.6 Å². The quantitative estimate of drug-likeness (QED) is 0.678. The molecule has 0 aromatic carbocycles. The highest BCUT2D eigenvalue weighted by Gasteiger charge is 2.36. The first kappa shape index (κ1) is 12.0. The Labute approximate surface area is 89.4 Å². The van der Waals surface area contributed by atoms with E-state index in [0.29, 0.717) is 19.6 Å².